The zero-order chi connectivity index (χ0) is 21.4. The molecule has 1 saturated heterocycles. The first-order valence-corrected chi connectivity index (χ1v) is 9.44. The quantitative estimate of drug-likeness (QED) is 0.784. The molecule has 0 saturated carbocycles. The highest BCUT2D eigenvalue weighted by atomic mass is 16.5. The number of imide groups is 1. The van der Waals surface area contributed by atoms with Crippen molar-refractivity contribution < 1.29 is 14.3 Å². The molecule has 3 amide bonds. The fourth-order valence-electron chi connectivity index (χ4n) is 3.29. The molecule has 1 aliphatic rings. The van der Waals surface area contributed by atoms with Crippen molar-refractivity contribution in [3.63, 3.8) is 0 Å². The summed E-state index contributed by atoms with van der Waals surface area (Å²) in [5.74, 6) is 0.648. The molecule has 0 radical (unpaired) electrons. The summed E-state index contributed by atoms with van der Waals surface area (Å²) in [5.41, 5.74) is 0.799. The first-order chi connectivity index (χ1) is 13.6. The minimum atomic E-state index is -0.951. The van der Waals surface area contributed by atoms with Crippen molar-refractivity contribution in [2.24, 2.45) is 0 Å². The van der Waals surface area contributed by atoms with E-state index < -0.39 is 11.6 Å². The van der Waals surface area contributed by atoms with Crippen LogP contribution in [0.15, 0.2) is 36.5 Å². The van der Waals surface area contributed by atoms with Gasteiger partial charge in [0.15, 0.2) is 0 Å². The van der Waals surface area contributed by atoms with Crippen molar-refractivity contribution in [3.05, 3.63) is 47.7 Å². The summed E-state index contributed by atoms with van der Waals surface area (Å²) >= 11 is 0. The Hall–Kier alpha value is -3.40. The number of anilines is 1. The summed E-state index contributed by atoms with van der Waals surface area (Å²) in [6.45, 7) is 9.71. The number of benzene rings is 1. The first kappa shape index (κ1) is 20.3. The van der Waals surface area contributed by atoms with Gasteiger partial charge in [0.05, 0.1) is 23.5 Å². The molecule has 29 heavy (non-hydrogen) atoms. The van der Waals surface area contributed by atoms with Crippen molar-refractivity contribution in [1.82, 2.24) is 10.3 Å². The maximum Gasteiger partial charge on any atom is 0.329 e. The summed E-state index contributed by atoms with van der Waals surface area (Å²) < 4.78 is 5.97. The van der Waals surface area contributed by atoms with E-state index in [1.54, 1.807) is 31.2 Å². The molecule has 1 aromatic carbocycles. The molecule has 0 spiro atoms. The number of hydrogen-bond donors (Lipinski definition) is 1. The van der Waals surface area contributed by atoms with Gasteiger partial charge in [0, 0.05) is 11.6 Å². The fourth-order valence-corrected chi connectivity index (χ4v) is 3.29. The van der Waals surface area contributed by atoms with E-state index in [9.17, 15) is 14.9 Å². The summed E-state index contributed by atoms with van der Waals surface area (Å²) in [6, 6.07) is 10.3. The van der Waals surface area contributed by atoms with Crippen LogP contribution in [0.1, 0.15) is 52.2 Å². The minimum absolute atomic E-state index is 0.223. The van der Waals surface area contributed by atoms with E-state index in [1.165, 1.54) is 11.1 Å². The lowest BCUT2D eigenvalue weighted by atomic mass is 9.85. The molecule has 0 aliphatic carbocycles. The smallest absolute Gasteiger partial charge is 0.329 e. The number of carbonyl (C=O) groups excluding carboxylic acids is 2. The van der Waals surface area contributed by atoms with Crippen LogP contribution in [0.5, 0.6) is 11.6 Å². The SMILES string of the molecule is CC[C@]1(C)C(=O)NC(=O)N1c1ccc(Oc2ccc(C#N)cc2C(C)(C)C)nc1. The van der Waals surface area contributed by atoms with E-state index in [-0.39, 0.29) is 11.3 Å². The minimum Gasteiger partial charge on any atom is -0.439 e. The van der Waals surface area contributed by atoms with Gasteiger partial charge in [-0.15, -0.1) is 0 Å². The molecule has 1 N–H and O–H groups in total. The molecule has 150 valence electrons. The number of nitriles is 1. The Morgan fingerprint density at radius 3 is 2.52 bits per heavy atom. The predicted octanol–water partition coefficient (Wildman–Crippen LogP) is 4.27. The average molecular weight is 392 g/mol. The van der Waals surface area contributed by atoms with Gasteiger partial charge in [-0.05, 0) is 43.0 Å². The van der Waals surface area contributed by atoms with Gasteiger partial charge in [0.1, 0.15) is 11.3 Å². The van der Waals surface area contributed by atoms with Gasteiger partial charge in [0.25, 0.3) is 5.91 Å². The Bertz CT molecular complexity index is 1000. The van der Waals surface area contributed by atoms with Crippen LogP contribution >= 0.6 is 0 Å². The molecular weight excluding hydrogens is 368 g/mol. The molecule has 3 rings (SSSR count). The van der Waals surface area contributed by atoms with Crippen LogP contribution in [-0.4, -0.2) is 22.5 Å². The van der Waals surface area contributed by atoms with Crippen LogP contribution < -0.4 is 15.0 Å². The summed E-state index contributed by atoms with van der Waals surface area (Å²) in [5, 5.41) is 11.5. The number of ether oxygens (including phenoxy) is 1. The number of nitrogens with zero attached hydrogens (tertiary/aromatic N) is 3. The first-order valence-electron chi connectivity index (χ1n) is 9.44. The number of amides is 3. The molecule has 7 heteroatoms. The third-order valence-electron chi connectivity index (χ3n) is 5.20. The summed E-state index contributed by atoms with van der Waals surface area (Å²) in [6.07, 6.45) is 1.99. The molecule has 0 unspecified atom stereocenters. The van der Waals surface area contributed by atoms with Crippen LogP contribution in [0.25, 0.3) is 0 Å². The predicted molar refractivity (Wildman–Crippen MR) is 109 cm³/mol. The van der Waals surface area contributed by atoms with Gasteiger partial charge < -0.3 is 4.74 Å². The Balaban J connectivity index is 1.90. The number of urea groups is 1. The van der Waals surface area contributed by atoms with E-state index in [2.05, 4.69) is 16.4 Å². The van der Waals surface area contributed by atoms with Crippen LogP contribution in [0.4, 0.5) is 10.5 Å². The second-order valence-corrected chi connectivity index (χ2v) is 8.25. The Morgan fingerprint density at radius 1 is 1.24 bits per heavy atom. The highest BCUT2D eigenvalue weighted by Crippen LogP contribution is 2.36. The number of aromatic nitrogens is 1. The van der Waals surface area contributed by atoms with Crippen molar-refractivity contribution >= 4 is 17.6 Å². The second kappa shape index (κ2) is 7.21. The van der Waals surface area contributed by atoms with Crippen LogP contribution in [0.2, 0.25) is 0 Å². The normalized spacial score (nSPS) is 19.1. The molecule has 2 heterocycles. The maximum absolute atomic E-state index is 12.3. The van der Waals surface area contributed by atoms with Gasteiger partial charge in [-0.3, -0.25) is 15.0 Å². The van der Waals surface area contributed by atoms with Gasteiger partial charge in [-0.1, -0.05) is 27.7 Å². The van der Waals surface area contributed by atoms with E-state index in [0.29, 0.717) is 29.3 Å². The molecule has 2 aromatic rings. The standard InChI is InChI=1S/C22H24N4O3/c1-6-22(5)19(27)25-20(28)26(22)15-8-10-18(24-13-15)29-17-9-7-14(12-23)11-16(17)21(2,3)4/h7-11,13H,6H2,1-5H3,(H,25,27,28)/t22-/m1/s1. The highest BCUT2D eigenvalue weighted by Gasteiger charge is 2.48. The zero-order valence-electron chi connectivity index (χ0n) is 17.2. The van der Waals surface area contributed by atoms with E-state index in [4.69, 9.17) is 4.74 Å². The zero-order valence-corrected chi connectivity index (χ0v) is 17.2. The molecule has 1 fully saturated rings. The van der Waals surface area contributed by atoms with Crippen molar-refractivity contribution in [2.45, 2.75) is 52.0 Å². The average Bonchev–Trinajstić information content (AvgIpc) is 2.91. The molecular formula is C22H24N4O3. The summed E-state index contributed by atoms with van der Waals surface area (Å²) in [7, 11) is 0. The van der Waals surface area contributed by atoms with Gasteiger partial charge in [-0.2, -0.15) is 5.26 Å². The van der Waals surface area contributed by atoms with Gasteiger partial charge >= 0.3 is 6.03 Å². The van der Waals surface area contributed by atoms with Crippen LogP contribution in [0.3, 0.4) is 0 Å². The topological polar surface area (TPSA) is 95.3 Å². The lowest BCUT2D eigenvalue weighted by Gasteiger charge is -2.30. The number of rotatable bonds is 4. The molecule has 0 bridgehead atoms. The van der Waals surface area contributed by atoms with Crippen LogP contribution in [0, 0.1) is 11.3 Å². The Morgan fingerprint density at radius 2 is 1.97 bits per heavy atom. The molecule has 1 aromatic heterocycles. The number of hydrogen-bond acceptors (Lipinski definition) is 5. The van der Waals surface area contributed by atoms with E-state index in [1.807, 2.05) is 33.8 Å². The van der Waals surface area contributed by atoms with Crippen LogP contribution in [-0.2, 0) is 10.2 Å². The Kier molecular flexibility index (Phi) is 5.05. The lowest BCUT2D eigenvalue weighted by molar-refractivity contribution is -0.122. The van der Waals surface area contributed by atoms with Gasteiger partial charge in [-0.25, -0.2) is 9.78 Å². The largest absolute Gasteiger partial charge is 0.439 e. The number of carbonyl (C=O) groups is 2. The summed E-state index contributed by atoms with van der Waals surface area (Å²) in [4.78, 5) is 30.2. The third kappa shape index (κ3) is 3.66. The van der Waals surface area contributed by atoms with E-state index >= 15 is 0 Å². The Labute approximate surface area is 170 Å². The number of nitrogens with one attached hydrogen (secondary N) is 1. The molecule has 1 atom stereocenters. The van der Waals surface area contributed by atoms with Crippen molar-refractivity contribution in [1.29, 1.82) is 5.26 Å². The fraction of sp³-hybridized carbons (Fsp3) is 0.364. The van der Waals surface area contributed by atoms with Crippen molar-refractivity contribution in [2.75, 3.05) is 4.90 Å². The highest BCUT2D eigenvalue weighted by molar-refractivity contribution is 6.16. The number of pyridine rings is 1. The third-order valence-corrected chi connectivity index (χ3v) is 5.20. The van der Waals surface area contributed by atoms with Crippen molar-refractivity contribution in [3.8, 4) is 17.7 Å². The molecule has 1 aliphatic heterocycles. The van der Waals surface area contributed by atoms with Gasteiger partial charge in [0.2, 0.25) is 5.88 Å². The lowest BCUT2D eigenvalue weighted by Crippen LogP contribution is -2.46. The second-order valence-electron chi connectivity index (χ2n) is 8.25. The van der Waals surface area contributed by atoms with E-state index in [0.717, 1.165) is 5.56 Å². The molecule has 7 nitrogen and oxygen atoms in total. The monoisotopic (exact) mass is 392 g/mol. The maximum atomic E-state index is 12.3.